The SMILES string of the molecule is CN(C)CCOCC1CCCN1C. The van der Waals surface area contributed by atoms with Gasteiger partial charge in [0.2, 0.25) is 0 Å². The molecule has 1 aliphatic rings. The van der Waals surface area contributed by atoms with Crippen LogP contribution >= 0.6 is 0 Å². The molecule has 0 radical (unpaired) electrons. The predicted molar refractivity (Wildman–Crippen MR) is 55.0 cm³/mol. The van der Waals surface area contributed by atoms with Gasteiger partial charge in [0.25, 0.3) is 0 Å². The Bertz CT molecular complexity index is 139. The van der Waals surface area contributed by atoms with Crippen molar-refractivity contribution < 1.29 is 4.74 Å². The fraction of sp³-hybridized carbons (Fsp3) is 1.00. The van der Waals surface area contributed by atoms with E-state index in [4.69, 9.17) is 4.74 Å². The maximum atomic E-state index is 5.62. The van der Waals surface area contributed by atoms with Crippen LogP contribution in [0.3, 0.4) is 0 Å². The molecule has 1 unspecified atom stereocenters. The zero-order valence-corrected chi connectivity index (χ0v) is 9.12. The largest absolute Gasteiger partial charge is 0.378 e. The smallest absolute Gasteiger partial charge is 0.0622 e. The number of rotatable bonds is 5. The third-order valence-electron chi connectivity index (χ3n) is 2.66. The average molecular weight is 186 g/mol. The topological polar surface area (TPSA) is 15.7 Å². The van der Waals surface area contributed by atoms with Crippen LogP contribution in [0.4, 0.5) is 0 Å². The lowest BCUT2D eigenvalue weighted by atomic mass is 10.2. The van der Waals surface area contributed by atoms with E-state index in [1.165, 1.54) is 19.4 Å². The summed E-state index contributed by atoms with van der Waals surface area (Å²) in [5, 5.41) is 0. The van der Waals surface area contributed by atoms with Gasteiger partial charge >= 0.3 is 0 Å². The normalized spacial score (nSPS) is 24.5. The summed E-state index contributed by atoms with van der Waals surface area (Å²) in [6.45, 7) is 4.03. The van der Waals surface area contributed by atoms with Crippen molar-refractivity contribution in [2.24, 2.45) is 0 Å². The Balaban J connectivity index is 1.99. The zero-order valence-electron chi connectivity index (χ0n) is 9.12. The number of hydrogen-bond donors (Lipinski definition) is 0. The molecule has 0 aliphatic carbocycles. The highest BCUT2D eigenvalue weighted by Crippen LogP contribution is 2.14. The van der Waals surface area contributed by atoms with Crippen molar-refractivity contribution in [3.8, 4) is 0 Å². The van der Waals surface area contributed by atoms with Gasteiger partial charge < -0.3 is 14.5 Å². The molecule has 1 heterocycles. The van der Waals surface area contributed by atoms with Crippen molar-refractivity contribution in [2.75, 3.05) is 47.4 Å². The molecule has 1 aliphatic heterocycles. The Labute approximate surface area is 81.7 Å². The average Bonchev–Trinajstić information content (AvgIpc) is 2.45. The summed E-state index contributed by atoms with van der Waals surface area (Å²) in [5.74, 6) is 0. The maximum Gasteiger partial charge on any atom is 0.0622 e. The van der Waals surface area contributed by atoms with Gasteiger partial charge in [0.15, 0.2) is 0 Å². The van der Waals surface area contributed by atoms with Crippen LogP contribution in [0.1, 0.15) is 12.8 Å². The molecule has 0 aromatic rings. The molecule has 13 heavy (non-hydrogen) atoms. The molecule has 78 valence electrons. The van der Waals surface area contributed by atoms with Crippen molar-refractivity contribution in [1.29, 1.82) is 0 Å². The highest BCUT2D eigenvalue weighted by Gasteiger charge is 2.20. The van der Waals surface area contributed by atoms with E-state index >= 15 is 0 Å². The van der Waals surface area contributed by atoms with Crippen LogP contribution in [0, 0.1) is 0 Å². The molecule has 0 spiro atoms. The molecule has 3 heteroatoms. The number of likely N-dealkylation sites (N-methyl/N-ethyl adjacent to an activating group) is 2. The van der Waals surface area contributed by atoms with E-state index in [2.05, 4.69) is 30.9 Å². The van der Waals surface area contributed by atoms with Gasteiger partial charge in [-0.3, -0.25) is 0 Å². The molecular formula is C10H22N2O. The summed E-state index contributed by atoms with van der Waals surface area (Å²) in [5.41, 5.74) is 0. The van der Waals surface area contributed by atoms with E-state index in [1.807, 2.05) is 0 Å². The van der Waals surface area contributed by atoms with Crippen LogP contribution in [-0.2, 0) is 4.74 Å². The number of nitrogens with zero attached hydrogens (tertiary/aromatic N) is 2. The van der Waals surface area contributed by atoms with Gasteiger partial charge in [-0.15, -0.1) is 0 Å². The first kappa shape index (κ1) is 11.0. The fourth-order valence-corrected chi connectivity index (χ4v) is 1.66. The molecule has 0 N–H and O–H groups in total. The second kappa shape index (κ2) is 5.58. The van der Waals surface area contributed by atoms with Gasteiger partial charge in [-0.25, -0.2) is 0 Å². The number of hydrogen-bond acceptors (Lipinski definition) is 3. The van der Waals surface area contributed by atoms with E-state index < -0.39 is 0 Å². The highest BCUT2D eigenvalue weighted by molar-refractivity contribution is 4.75. The van der Waals surface area contributed by atoms with Gasteiger partial charge in [0, 0.05) is 12.6 Å². The predicted octanol–water partition coefficient (Wildman–Crippen LogP) is 0.659. The van der Waals surface area contributed by atoms with Gasteiger partial charge in [-0.05, 0) is 40.5 Å². The van der Waals surface area contributed by atoms with Crippen LogP contribution in [-0.4, -0.2) is 63.3 Å². The molecule has 0 amide bonds. The minimum Gasteiger partial charge on any atom is -0.378 e. The molecular weight excluding hydrogens is 164 g/mol. The van der Waals surface area contributed by atoms with Gasteiger partial charge in [0.1, 0.15) is 0 Å². The van der Waals surface area contributed by atoms with E-state index in [-0.39, 0.29) is 0 Å². The molecule has 0 aromatic carbocycles. The van der Waals surface area contributed by atoms with E-state index in [0.29, 0.717) is 6.04 Å². The number of ether oxygens (including phenoxy) is 1. The lowest BCUT2D eigenvalue weighted by molar-refractivity contribution is 0.0760. The molecule has 3 nitrogen and oxygen atoms in total. The van der Waals surface area contributed by atoms with E-state index in [0.717, 1.165) is 19.8 Å². The van der Waals surface area contributed by atoms with Crippen molar-refractivity contribution >= 4 is 0 Å². The fourth-order valence-electron chi connectivity index (χ4n) is 1.66. The van der Waals surface area contributed by atoms with Crippen LogP contribution < -0.4 is 0 Å². The molecule has 0 aromatic heterocycles. The Morgan fingerprint density at radius 2 is 2.23 bits per heavy atom. The summed E-state index contributed by atoms with van der Waals surface area (Å²) >= 11 is 0. The third-order valence-corrected chi connectivity index (χ3v) is 2.66. The van der Waals surface area contributed by atoms with Crippen molar-refractivity contribution in [1.82, 2.24) is 9.80 Å². The monoisotopic (exact) mass is 186 g/mol. The number of likely N-dealkylation sites (tertiary alicyclic amines) is 1. The molecule has 0 bridgehead atoms. The highest BCUT2D eigenvalue weighted by atomic mass is 16.5. The molecule has 1 saturated heterocycles. The van der Waals surface area contributed by atoms with Crippen LogP contribution in [0.25, 0.3) is 0 Å². The summed E-state index contributed by atoms with van der Waals surface area (Å²) in [7, 11) is 6.34. The van der Waals surface area contributed by atoms with Crippen molar-refractivity contribution in [2.45, 2.75) is 18.9 Å². The summed E-state index contributed by atoms with van der Waals surface area (Å²) < 4.78 is 5.62. The van der Waals surface area contributed by atoms with Crippen LogP contribution in [0.15, 0.2) is 0 Å². The van der Waals surface area contributed by atoms with Crippen molar-refractivity contribution in [3.63, 3.8) is 0 Å². The molecule has 1 atom stereocenters. The quantitative estimate of drug-likeness (QED) is 0.587. The summed E-state index contributed by atoms with van der Waals surface area (Å²) in [4.78, 5) is 4.55. The van der Waals surface area contributed by atoms with Gasteiger partial charge in [-0.1, -0.05) is 0 Å². The van der Waals surface area contributed by atoms with Crippen LogP contribution in [0.5, 0.6) is 0 Å². The minimum absolute atomic E-state index is 0.669. The Morgan fingerprint density at radius 3 is 2.77 bits per heavy atom. The summed E-state index contributed by atoms with van der Waals surface area (Å²) in [6.07, 6.45) is 2.64. The molecule has 1 rings (SSSR count). The second-order valence-electron chi connectivity index (χ2n) is 4.15. The Hall–Kier alpha value is -0.120. The van der Waals surface area contributed by atoms with Gasteiger partial charge in [0.05, 0.1) is 13.2 Å². The standard InChI is InChI=1S/C10H22N2O/c1-11(2)7-8-13-9-10-5-4-6-12(10)3/h10H,4-9H2,1-3H3. The Morgan fingerprint density at radius 1 is 1.46 bits per heavy atom. The first-order valence-electron chi connectivity index (χ1n) is 5.13. The first-order chi connectivity index (χ1) is 6.20. The lowest BCUT2D eigenvalue weighted by Gasteiger charge is -2.19. The lowest BCUT2D eigenvalue weighted by Crippen LogP contribution is -2.30. The first-order valence-corrected chi connectivity index (χ1v) is 5.13. The van der Waals surface area contributed by atoms with E-state index in [9.17, 15) is 0 Å². The third kappa shape index (κ3) is 4.07. The van der Waals surface area contributed by atoms with Crippen molar-refractivity contribution in [3.05, 3.63) is 0 Å². The molecule has 0 saturated carbocycles. The zero-order chi connectivity index (χ0) is 9.68. The summed E-state index contributed by atoms with van der Waals surface area (Å²) in [6, 6.07) is 0.669. The van der Waals surface area contributed by atoms with E-state index in [1.54, 1.807) is 0 Å². The Kier molecular flexibility index (Phi) is 4.70. The van der Waals surface area contributed by atoms with Crippen LogP contribution in [0.2, 0.25) is 0 Å². The van der Waals surface area contributed by atoms with Gasteiger partial charge in [-0.2, -0.15) is 0 Å². The minimum atomic E-state index is 0.669. The molecule has 1 fully saturated rings. The second-order valence-corrected chi connectivity index (χ2v) is 4.15. The maximum absolute atomic E-state index is 5.62.